The molecule has 0 saturated heterocycles. The summed E-state index contributed by atoms with van der Waals surface area (Å²) in [4.78, 5) is 32.8. The Hall–Kier alpha value is -1.75. The summed E-state index contributed by atoms with van der Waals surface area (Å²) in [5.41, 5.74) is 0. The van der Waals surface area contributed by atoms with Crippen molar-refractivity contribution in [3.63, 3.8) is 0 Å². The fourth-order valence-electron chi connectivity index (χ4n) is 1.90. The Morgan fingerprint density at radius 1 is 0.643 bits per heavy atom. The lowest BCUT2D eigenvalue weighted by atomic mass is 10.3. The number of rotatable bonds is 20. The van der Waals surface area contributed by atoms with E-state index in [-0.39, 0.29) is 37.8 Å². The van der Waals surface area contributed by atoms with Gasteiger partial charge in [0.25, 0.3) is 0 Å². The number of carboxylic acid groups (broad SMARTS) is 1. The molecular formula is C18H34N2O8. The highest BCUT2D eigenvalue weighted by molar-refractivity contribution is 5.76. The molecule has 0 unspecified atom stereocenters. The summed E-state index contributed by atoms with van der Waals surface area (Å²) in [5, 5.41) is 13.7. The molecule has 28 heavy (non-hydrogen) atoms. The summed E-state index contributed by atoms with van der Waals surface area (Å²) < 4.78 is 21.2. The van der Waals surface area contributed by atoms with Crippen molar-refractivity contribution in [3.05, 3.63) is 0 Å². The molecular weight excluding hydrogens is 372 g/mol. The van der Waals surface area contributed by atoms with Gasteiger partial charge in [-0.2, -0.15) is 0 Å². The van der Waals surface area contributed by atoms with Crippen molar-refractivity contribution in [1.29, 1.82) is 0 Å². The summed E-state index contributed by atoms with van der Waals surface area (Å²) in [6, 6.07) is 0. The Kier molecular flexibility index (Phi) is 18.7. The van der Waals surface area contributed by atoms with Crippen LogP contribution in [0, 0.1) is 0 Å². The van der Waals surface area contributed by atoms with Crippen LogP contribution in [0.2, 0.25) is 0 Å². The van der Waals surface area contributed by atoms with Crippen molar-refractivity contribution in [2.24, 2.45) is 0 Å². The first-order valence-corrected chi connectivity index (χ1v) is 9.62. The predicted molar refractivity (Wildman–Crippen MR) is 101 cm³/mol. The topological polar surface area (TPSA) is 132 Å². The summed E-state index contributed by atoms with van der Waals surface area (Å²) in [7, 11) is 0. The second kappa shape index (κ2) is 20.0. The van der Waals surface area contributed by atoms with E-state index >= 15 is 0 Å². The molecule has 0 aliphatic carbocycles. The van der Waals surface area contributed by atoms with Gasteiger partial charge in [0.1, 0.15) is 0 Å². The molecule has 0 aliphatic heterocycles. The molecule has 0 aliphatic rings. The van der Waals surface area contributed by atoms with Crippen molar-refractivity contribution in [1.82, 2.24) is 10.6 Å². The number of hydrogen-bond donors (Lipinski definition) is 3. The fourth-order valence-corrected chi connectivity index (χ4v) is 1.90. The van der Waals surface area contributed by atoms with Gasteiger partial charge in [-0.1, -0.05) is 6.92 Å². The Labute approximate surface area is 166 Å². The highest BCUT2D eigenvalue weighted by Gasteiger charge is 2.02. The lowest BCUT2D eigenvalue weighted by Gasteiger charge is -2.08. The third-order valence-corrected chi connectivity index (χ3v) is 3.30. The highest BCUT2D eigenvalue weighted by Crippen LogP contribution is 1.87. The molecule has 0 fully saturated rings. The van der Waals surface area contributed by atoms with Gasteiger partial charge in [-0.15, -0.1) is 0 Å². The van der Waals surface area contributed by atoms with Gasteiger partial charge in [0.15, 0.2) is 0 Å². The summed E-state index contributed by atoms with van der Waals surface area (Å²) in [6.45, 7) is 5.88. The zero-order valence-corrected chi connectivity index (χ0v) is 16.7. The molecule has 0 aromatic heterocycles. The molecule has 0 bridgehead atoms. The van der Waals surface area contributed by atoms with Crippen LogP contribution >= 0.6 is 0 Å². The Balaban J connectivity index is 3.16. The average molecular weight is 406 g/mol. The van der Waals surface area contributed by atoms with Gasteiger partial charge in [0, 0.05) is 25.9 Å². The third-order valence-electron chi connectivity index (χ3n) is 3.30. The van der Waals surface area contributed by atoms with Crippen LogP contribution in [0.3, 0.4) is 0 Å². The zero-order chi connectivity index (χ0) is 20.9. The minimum atomic E-state index is -0.946. The molecule has 164 valence electrons. The van der Waals surface area contributed by atoms with E-state index in [1.165, 1.54) is 0 Å². The largest absolute Gasteiger partial charge is 0.481 e. The Bertz CT molecular complexity index is 420. The third kappa shape index (κ3) is 20.6. The summed E-state index contributed by atoms with van der Waals surface area (Å²) in [6.07, 6.45) is 1.47. The SMILES string of the molecule is CCCC(=O)NCCOCCOCCOCCOCCC(=O)NCCC(=O)O. The minimum absolute atomic E-state index is 0.0440. The van der Waals surface area contributed by atoms with E-state index in [1.54, 1.807) is 0 Å². The first-order valence-electron chi connectivity index (χ1n) is 9.62. The van der Waals surface area contributed by atoms with E-state index in [4.69, 9.17) is 24.1 Å². The molecule has 3 N–H and O–H groups in total. The molecule has 0 spiro atoms. The van der Waals surface area contributed by atoms with Crippen LogP contribution in [-0.2, 0) is 33.3 Å². The predicted octanol–water partition coefficient (Wildman–Crippen LogP) is -0.0499. The maximum absolute atomic E-state index is 11.3. The van der Waals surface area contributed by atoms with E-state index in [9.17, 15) is 14.4 Å². The van der Waals surface area contributed by atoms with Crippen molar-refractivity contribution in [2.45, 2.75) is 32.6 Å². The lowest BCUT2D eigenvalue weighted by Crippen LogP contribution is -2.27. The fraction of sp³-hybridized carbons (Fsp3) is 0.833. The van der Waals surface area contributed by atoms with Crippen LogP contribution in [0.15, 0.2) is 0 Å². The number of carboxylic acids is 1. The molecule has 10 heteroatoms. The second-order valence-electron chi connectivity index (χ2n) is 5.79. The molecule has 0 heterocycles. The molecule has 10 nitrogen and oxygen atoms in total. The standard InChI is InChI=1S/C18H34N2O8/c1-2-3-16(21)20-7-9-26-11-13-28-15-14-27-12-10-25-8-5-17(22)19-6-4-18(23)24/h2-15H2,1H3,(H,19,22)(H,20,21)(H,23,24). The van der Waals surface area contributed by atoms with E-state index in [2.05, 4.69) is 10.6 Å². The normalized spacial score (nSPS) is 10.6. The van der Waals surface area contributed by atoms with Crippen LogP contribution in [0.5, 0.6) is 0 Å². The van der Waals surface area contributed by atoms with Gasteiger partial charge in [0.05, 0.1) is 59.3 Å². The first kappa shape index (κ1) is 26.2. The van der Waals surface area contributed by atoms with Crippen LogP contribution in [0.4, 0.5) is 0 Å². The van der Waals surface area contributed by atoms with Crippen LogP contribution < -0.4 is 10.6 Å². The van der Waals surface area contributed by atoms with Crippen molar-refractivity contribution < 1.29 is 38.4 Å². The molecule has 0 radical (unpaired) electrons. The highest BCUT2D eigenvalue weighted by atomic mass is 16.6. The number of ether oxygens (including phenoxy) is 4. The molecule has 0 rings (SSSR count). The van der Waals surface area contributed by atoms with Crippen LogP contribution in [-0.4, -0.2) is 88.8 Å². The van der Waals surface area contributed by atoms with Crippen molar-refractivity contribution in [2.75, 3.05) is 65.9 Å². The quantitative estimate of drug-likeness (QED) is 0.240. The maximum Gasteiger partial charge on any atom is 0.305 e. The average Bonchev–Trinajstić information content (AvgIpc) is 2.64. The Morgan fingerprint density at radius 3 is 1.64 bits per heavy atom. The van der Waals surface area contributed by atoms with Crippen molar-refractivity contribution in [3.8, 4) is 0 Å². The van der Waals surface area contributed by atoms with Crippen molar-refractivity contribution >= 4 is 17.8 Å². The van der Waals surface area contributed by atoms with Gasteiger partial charge in [0.2, 0.25) is 11.8 Å². The summed E-state index contributed by atoms with van der Waals surface area (Å²) in [5.74, 6) is -1.14. The summed E-state index contributed by atoms with van der Waals surface area (Å²) >= 11 is 0. The molecule has 0 aromatic rings. The number of amides is 2. The first-order chi connectivity index (χ1) is 13.6. The number of carbonyl (C=O) groups is 3. The number of aliphatic carboxylic acids is 1. The van der Waals surface area contributed by atoms with Gasteiger partial charge in [-0.05, 0) is 6.42 Å². The lowest BCUT2D eigenvalue weighted by molar-refractivity contribution is -0.137. The number of carbonyl (C=O) groups excluding carboxylic acids is 2. The number of hydrogen-bond acceptors (Lipinski definition) is 7. The maximum atomic E-state index is 11.3. The van der Waals surface area contributed by atoms with Gasteiger partial charge >= 0.3 is 5.97 Å². The van der Waals surface area contributed by atoms with Crippen LogP contribution in [0.1, 0.15) is 32.6 Å². The van der Waals surface area contributed by atoms with E-state index in [1.807, 2.05) is 6.92 Å². The minimum Gasteiger partial charge on any atom is -0.481 e. The molecule has 0 saturated carbocycles. The number of nitrogens with one attached hydrogen (secondary N) is 2. The Morgan fingerprint density at radius 2 is 1.11 bits per heavy atom. The zero-order valence-electron chi connectivity index (χ0n) is 16.7. The van der Waals surface area contributed by atoms with Gasteiger partial charge < -0.3 is 34.7 Å². The smallest absolute Gasteiger partial charge is 0.305 e. The van der Waals surface area contributed by atoms with Gasteiger partial charge in [-0.25, -0.2) is 0 Å². The molecule has 2 amide bonds. The van der Waals surface area contributed by atoms with E-state index in [0.717, 1.165) is 6.42 Å². The second-order valence-corrected chi connectivity index (χ2v) is 5.79. The van der Waals surface area contributed by atoms with Crippen LogP contribution in [0.25, 0.3) is 0 Å². The van der Waals surface area contributed by atoms with Gasteiger partial charge in [-0.3, -0.25) is 14.4 Å². The monoisotopic (exact) mass is 406 g/mol. The van der Waals surface area contributed by atoms with E-state index in [0.29, 0.717) is 59.2 Å². The molecule has 0 aromatic carbocycles. The molecule has 0 atom stereocenters. The van der Waals surface area contributed by atoms with E-state index < -0.39 is 5.97 Å².